The number of rotatable bonds is 5. The summed E-state index contributed by atoms with van der Waals surface area (Å²) in [6.45, 7) is 2.33. The van der Waals surface area contributed by atoms with Crippen molar-refractivity contribution in [3.8, 4) is 0 Å². The number of nitrogens with zero attached hydrogens (tertiary/aromatic N) is 2. The third-order valence-electron chi connectivity index (χ3n) is 5.22. The van der Waals surface area contributed by atoms with E-state index in [-0.39, 0.29) is 0 Å². The van der Waals surface area contributed by atoms with E-state index in [9.17, 15) is 8.42 Å². The summed E-state index contributed by atoms with van der Waals surface area (Å²) < 4.78 is 28.2. The molecule has 0 aliphatic carbocycles. The van der Waals surface area contributed by atoms with Crippen molar-refractivity contribution in [2.24, 2.45) is 5.92 Å². The van der Waals surface area contributed by atoms with Crippen LogP contribution in [0, 0.1) is 5.92 Å². The molecule has 1 aromatic heterocycles. The summed E-state index contributed by atoms with van der Waals surface area (Å²) in [5, 5.41) is 1.98. The molecular formula is C21H23N3O2S. The number of aromatic nitrogens is 1. The van der Waals surface area contributed by atoms with Gasteiger partial charge in [0, 0.05) is 25.8 Å². The second-order valence-electron chi connectivity index (χ2n) is 7.00. The maximum absolute atomic E-state index is 12.7. The molecule has 140 valence electrons. The minimum absolute atomic E-state index is 0.328. The molecule has 1 saturated heterocycles. The molecule has 0 atom stereocenters. The van der Waals surface area contributed by atoms with Crippen LogP contribution in [0.15, 0.2) is 71.9 Å². The Bertz CT molecular complexity index is 1010. The summed E-state index contributed by atoms with van der Waals surface area (Å²) in [4.78, 5) is 6.80. The maximum atomic E-state index is 12.7. The van der Waals surface area contributed by atoms with E-state index >= 15 is 0 Å². The highest BCUT2D eigenvalue weighted by molar-refractivity contribution is 7.89. The Morgan fingerprint density at radius 2 is 1.78 bits per heavy atom. The van der Waals surface area contributed by atoms with E-state index < -0.39 is 10.0 Å². The van der Waals surface area contributed by atoms with Crippen LogP contribution in [0.1, 0.15) is 12.8 Å². The molecule has 6 heteroatoms. The Morgan fingerprint density at radius 3 is 2.52 bits per heavy atom. The number of hydrogen-bond donors (Lipinski definition) is 1. The molecule has 0 amide bonds. The third-order valence-corrected chi connectivity index (χ3v) is 6.64. The van der Waals surface area contributed by atoms with Gasteiger partial charge >= 0.3 is 0 Å². The Balaban J connectivity index is 1.36. The van der Waals surface area contributed by atoms with Crippen molar-refractivity contribution in [1.29, 1.82) is 0 Å². The van der Waals surface area contributed by atoms with Crippen LogP contribution in [0.4, 0.5) is 5.69 Å². The lowest BCUT2D eigenvalue weighted by atomic mass is 9.97. The molecule has 1 aliphatic heterocycles. The lowest BCUT2D eigenvalue weighted by Crippen LogP contribution is -2.38. The SMILES string of the molecule is O=S(=O)(NCC1CCN(c2cccnc2)CC1)c1ccc2ccccc2c1. The maximum Gasteiger partial charge on any atom is 0.240 e. The monoisotopic (exact) mass is 381 g/mol. The molecular weight excluding hydrogens is 358 g/mol. The molecule has 0 unspecified atom stereocenters. The number of pyridine rings is 1. The number of benzene rings is 2. The van der Waals surface area contributed by atoms with Crippen LogP contribution in [0.3, 0.4) is 0 Å². The number of anilines is 1. The minimum Gasteiger partial charge on any atom is -0.370 e. The van der Waals surface area contributed by atoms with Crippen molar-refractivity contribution in [2.75, 3.05) is 24.5 Å². The van der Waals surface area contributed by atoms with Gasteiger partial charge in [-0.05, 0) is 53.8 Å². The zero-order valence-electron chi connectivity index (χ0n) is 15.1. The molecule has 0 bridgehead atoms. The first-order chi connectivity index (χ1) is 13.1. The fraction of sp³-hybridized carbons (Fsp3) is 0.286. The molecule has 3 aromatic rings. The van der Waals surface area contributed by atoms with E-state index in [0.717, 1.165) is 42.4 Å². The van der Waals surface area contributed by atoms with E-state index in [1.54, 1.807) is 18.3 Å². The second-order valence-corrected chi connectivity index (χ2v) is 8.77. The predicted molar refractivity (Wildman–Crippen MR) is 108 cm³/mol. The first-order valence-electron chi connectivity index (χ1n) is 9.25. The summed E-state index contributed by atoms with van der Waals surface area (Å²) in [7, 11) is -3.49. The van der Waals surface area contributed by atoms with Crippen LogP contribution in [-0.2, 0) is 10.0 Å². The highest BCUT2D eigenvalue weighted by atomic mass is 32.2. The largest absolute Gasteiger partial charge is 0.370 e. The van der Waals surface area contributed by atoms with Gasteiger partial charge in [-0.1, -0.05) is 30.3 Å². The Labute approximate surface area is 160 Å². The summed E-state index contributed by atoms with van der Waals surface area (Å²) in [5.41, 5.74) is 1.13. The highest BCUT2D eigenvalue weighted by Gasteiger charge is 2.22. The van der Waals surface area contributed by atoms with Crippen LogP contribution in [0.5, 0.6) is 0 Å². The Hall–Kier alpha value is -2.44. The summed E-state index contributed by atoms with van der Waals surface area (Å²) in [6, 6.07) is 17.1. The fourth-order valence-electron chi connectivity index (χ4n) is 3.58. The van der Waals surface area contributed by atoms with Gasteiger partial charge in [-0.15, -0.1) is 0 Å². The van der Waals surface area contributed by atoms with Gasteiger partial charge in [-0.2, -0.15) is 0 Å². The molecule has 0 saturated carbocycles. The smallest absolute Gasteiger partial charge is 0.240 e. The summed E-state index contributed by atoms with van der Waals surface area (Å²) in [5.74, 6) is 0.355. The van der Waals surface area contributed by atoms with Crippen molar-refractivity contribution in [2.45, 2.75) is 17.7 Å². The predicted octanol–water partition coefficient (Wildman–Crippen LogP) is 3.43. The molecule has 0 radical (unpaired) electrons. The summed E-state index contributed by atoms with van der Waals surface area (Å²) in [6.07, 6.45) is 5.59. The highest BCUT2D eigenvalue weighted by Crippen LogP contribution is 2.23. The molecule has 1 aliphatic rings. The first kappa shape index (κ1) is 17.9. The lowest BCUT2D eigenvalue weighted by molar-refractivity contribution is 0.402. The van der Waals surface area contributed by atoms with Gasteiger partial charge in [0.15, 0.2) is 0 Å². The number of nitrogens with one attached hydrogen (secondary N) is 1. The van der Waals surface area contributed by atoms with Gasteiger partial charge in [-0.3, -0.25) is 4.98 Å². The standard InChI is InChI=1S/C21H23N3O2S/c25-27(26,21-8-7-18-4-1-2-5-19(18)14-21)23-15-17-9-12-24(13-10-17)20-6-3-11-22-16-20/h1-8,11,14,16-17,23H,9-10,12-13,15H2. The second kappa shape index (κ2) is 7.66. The van der Waals surface area contributed by atoms with Crippen molar-refractivity contribution in [3.63, 3.8) is 0 Å². The number of hydrogen-bond acceptors (Lipinski definition) is 4. The zero-order chi connectivity index (χ0) is 18.7. The van der Waals surface area contributed by atoms with E-state index in [1.807, 2.05) is 42.6 Å². The van der Waals surface area contributed by atoms with Gasteiger partial charge in [0.25, 0.3) is 0 Å². The van der Waals surface area contributed by atoms with E-state index in [2.05, 4.69) is 20.7 Å². The molecule has 27 heavy (non-hydrogen) atoms. The minimum atomic E-state index is -3.49. The van der Waals surface area contributed by atoms with Crippen LogP contribution in [0.2, 0.25) is 0 Å². The third kappa shape index (κ3) is 4.12. The van der Waals surface area contributed by atoms with Gasteiger partial charge in [0.1, 0.15) is 0 Å². The van der Waals surface area contributed by atoms with Crippen LogP contribution < -0.4 is 9.62 Å². The van der Waals surface area contributed by atoms with Crippen LogP contribution in [0.25, 0.3) is 10.8 Å². The average molecular weight is 382 g/mol. The molecule has 2 heterocycles. The Morgan fingerprint density at radius 1 is 1.00 bits per heavy atom. The number of fused-ring (bicyclic) bond motifs is 1. The quantitative estimate of drug-likeness (QED) is 0.735. The average Bonchev–Trinajstić information content (AvgIpc) is 2.73. The van der Waals surface area contributed by atoms with Crippen molar-refractivity contribution in [3.05, 3.63) is 67.0 Å². The van der Waals surface area contributed by atoms with Gasteiger partial charge in [-0.25, -0.2) is 13.1 Å². The molecule has 4 rings (SSSR count). The number of piperidine rings is 1. The van der Waals surface area contributed by atoms with Crippen molar-refractivity contribution < 1.29 is 8.42 Å². The molecule has 1 fully saturated rings. The van der Waals surface area contributed by atoms with Crippen LogP contribution >= 0.6 is 0 Å². The van der Waals surface area contributed by atoms with E-state index in [0.29, 0.717) is 17.4 Å². The molecule has 0 spiro atoms. The Kier molecular flexibility index (Phi) is 5.09. The van der Waals surface area contributed by atoms with Crippen molar-refractivity contribution in [1.82, 2.24) is 9.71 Å². The van der Waals surface area contributed by atoms with Gasteiger partial charge in [0.05, 0.1) is 16.8 Å². The van der Waals surface area contributed by atoms with E-state index in [1.165, 1.54) is 0 Å². The number of sulfonamides is 1. The van der Waals surface area contributed by atoms with Gasteiger partial charge in [0.2, 0.25) is 10.0 Å². The molecule has 5 nitrogen and oxygen atoms in total. The fourth-order valence-corrected chi connectivity index (χ4v) is 4.73. The normalized spacial score (nSPS) is 15.9. The summed E-state index contributed by atoms with van der Waals surface area (Å²) >= 11 is 0. The molecule has 2 aromatic carbocycles. The molecule has 1 N–H and O–H groups in total. The lowest BCUT2D eigenvalue weighted by Gasteiger charge is -2.33. The van der Waals surface area contributed by atoms with Gasteiger partial charge < -0.3 is 4.90 Å². The van der Waals surface area contributed by atoms with Crippen LogP contribution in [-0.4, -0.2) is 33.0 Å². The van der Waals surface area contributed by atoms with E-state index in [4.69, 9.17) is 0 Å². The zero-order valence-corrected chi connectivity index (χ0v) is 15.9. The van der Waals surface area contributed by atoms with Crippen molar-refractivity contribution >= 4 is 26.5 Å². The first-order valence-corrected chi connectivity index (χ1v) is 10.7. The topological polar surface area (TPSA) is 62.3 Å².